The summed E-state index contributed by atoms with van der Waals surface area (Å²) in [7, 11) is 1.87. The van der Waals surface area contributed by atoms with E-state index in [1.807, 2.05) is 29.8 Å². The van der Waals surface area contributed by atoms with E-state index in [4.69, 9.17) is 0 Å². The topological polar surface area (TPSA) is 154 Å². The Labute approximate surface area is 434 Å². The van der Waals surface area contributed by atoms with E-state index in [0.717, 1.165) is 82.9 Å². The van der Waals surface area contributed by atoms with E-state index in [9.17, 15) is 37.6 Å². The zero-order valence-corrected chi connectivity index (χ0v) is 43.0. The molecule has 1 unspecified atom stereocenters. The van der Waals surface area contributed by atoms with Crippen molar-refractivity contribution in [1.82, 2.24) is 39.7 Å². The van der Waals surface area contributed by atoms with Crippen molar-refractivity contribution >= 4 is 35.0 Å². The molecule has 0 spiro atoms. The number of hydrogen-bond acceptors (Lipinski definition) is 11. The molecule has 0 bridgehead atoms. The van der Waals surface area contributed by atoms with Gasteiger partial charge in [-0.05, 0) is 130 Å². The van der Waals surface area contributed by atoms with Crippen LogP contribution >= 0.6 is 0 Å². The molecule has 1 saturated carbocycles. The quantitative estimate of drug-likeness (QED) is 0.117. The lowest BCUT2D eigenvalue weighted by atomic mass is 9.57. The molecule has 7 heterocycles. The van der Waals surface area contributed by atoms with Gasteiger partial charge in [0.1, 0.15) is 18.2 Å². The molecule has 4 saturated heterocycles. The average molecular weight is 1030 g/mol. The Morgan fingerprint density at radius 1 is 0.853 bits per heavy atom. The zero-order chi connectivity index (χ0) is 52.6. The van der Waals surface area contributed by atoms with Crippen LogP contribution in [0, 0.1) is 34.9 Å². The number of likely N-dealkylation sites (tertiary alicyclic amines) is 1. The highest BCUT2D eigenvalue weighted by atomic mass is 19.4. The van der Waals surface area contributed by atoms with Crippen molar-refractivity contribution in [3.63, 3.8) is 0 Å². The second-order valence-electron chi connectivity index (χ2n) is 23.2. The van der Waals surface area contributed by atoms with Gasteiger partial charge < -0.3 is 19.3 Å². The van der Waals surface area contributed by atoms with E-state index in [1.165, 1.54) is 15.9 Å². The number of carbonyl (C=O) groups excluding carboxylic acids is 4. The molecule has 6 aliphatic heterocycles. The molecule has 15 nitrogen and oxygen atoms in total. The van der Waals surface area contributed by atoms with E-state index < -0.39 is 40.8 Å². The van der Waals surface area contributed by atoms with Crippen LogP contribution in [0.4, 0.5) is 28.9 Å². The monoisotopic (exact) mass is 1030 g/mol. The molecule has 396 valence electrons. The van der Waals surface area contributed by atoms with Crippen LogP contribution in [0.1, 0.15) is 120 Å². The number of amides is 4. The average Bonchev–Trinajstić information content (AvgIpc) is 4.04. The van der Waals surface area contributed by atoms with Crippen LogP contribution in [0.15, 0.2) is 54.9 Å². The molecule has 2 atom stereocenters. The Hall–Kier alpha value is -6.23. The van der Waals surface area contributed by atoms with Crippen LogP contribution < -0.4 is 15.1 Å². The van der Waals surface area contributed by atoms with Crippen LogP contribution in [0.5, 0.6) is 0 Å². The number of piperidine rings is 3. The maximum Gasteiger partial charge on any atom is 0.416 e. The highest BCUT2D eigenvalue weighted by Crippen LogP contribution is 2.51. The number of benzene rings is 3. The summed E-state index contributed by atoms with van der Waals surface area (Å²) in [5.74, 6) is -0.702. The van der Waals surface area contributed by atoms with Gasteiger partial charge in [0.2, 0.25) is 11.8 Å². The molecule has 75 heavy (non-hydrogen) atoms. The maximum atomic E-state index is 16.1. The summed E-state index contributed by atoms with van der Waals surface area (Å²) < 4.78 is 62.8. The third kappa shape index (κ3) is 9.82. The lowest BCUT2D eigenvalue weighted by Gasteiger charge is -2.50. The fourth-order valence-corrected chi connectivity index (χ4v) is 13.6. The van der Waals surface area contributed by atoms with Crippen molar-refractivity contribution in [2.24, 2.45) is 24.8 Å². The molecule has 19 heteroatoms. The van der Waals surface area contributed by atoms with E-state index in [1.54, 1.807) is 30.6 Å². The fourth-order valence-electron chi connectivity index (χ4n) is 13.6. The Kier molecular flexibility index (Phi) is 13.4. The number of nitrogens with zero attached hydrogens (tertiary/aromatic N) is 10. The number of alkyl halides is 3. The van der Waals surface area contributed by atoms with Crippen molar-refractivity contribution in [1.29, 1.82) is 5.26 Å². The summed E-state index contributed by atoms with van der Waals surface area (Å²) >= 11 is 0. The predicted octanol–water partition coefficient (Wildman–Crippen LogP) is 6.83. The minimum Gasteiger partial charge on any atom is -0.369 e. The number of rotatable bonds is 12. The minimum atomic E-state index is -4.65. The van der Waals surface area contributed by atoms with Gasteiger partial charge in [-0.1, -0.05) is 12.1 Å². The molecule has 4 aromatic rings. The number of fused-ring (bicyclic) bond motifs is 2. The van der Waals surface area contributed by atoms with E-state index in [0.29, 0.717) is 73.2 Å². The molecule has 1 aromatic heterocycles. The first-order valence-corrected chi connectivity index (χ1v) is 26.6. The minimum absolute atomic E-state index is 0.000186. The predicted molar refractivity (Wildman–Crippen MR) is 271 cm³/mol. The van der Waals surface area contributed by atoms with Crippen LogP contribution in [0.25, 0.3) is 0 Å². The molecule has 4 amide bonds. The van der Waals surface area contributed by atoms with Crippen molar-refractivity contribution in [2.75, 3.05) is 68.7 Å². The Balaban J connectivity index is 0.688. The number of halogens is 4. The zero-order valence-electron chi connectivity index (χ0n) is 43.0. The Morgan fingerprint density at radius 2 is 1.65 bits per heavy atom. The summed E-state index contributed by atoms with van der Waals surface area (Å²) in [5, 5.41) is 20.3. The fraction of sp³-hybridized carbons (Fsp3) is 0.554. The molecule has 11 rings (SSSR count). The highest BCUT2D eigenvalue weighted by molar-refractivity contribution is 6.10. The normalized spacial score (nSPS) is 25.8. The summed E-state index contributed by atoms with van der Waals surface area (Å²) in [5.41, 5.74) is 1.81. The molecule has 7 aliphatic rings. The van der Waals surface area contributed by atoms with Gasteiger partial charge in [-0.25, -0.2) is 4.39 Å². The summed E-state index contributed by atoms with van der Waals surface area (Å²) in [4.78, 5) is 64.0. The number of nitrogens with one attached hydrogen (secondary N) is 1. The molecule has 5 fully saturated rings. The number of anilines is 2. The van der Waals surface area contributed by atoms with E-state index in [-0.39, 0.29) is 65.9 Å². The van der Waals surface area contributed by atoms with Gasteiger partial charge in [0.05, 0.1) is 30.4 Å². The number of hydrogen-bond donors (Lipinski definition) is 1. The number of aromatic nitrogens is 3. The van der Waals surface area contributed by atoms with Crippen molar-refractivity contribution in [3.8, 4) is 6.07 Å². The van der Waals surface area contributed by atoms with Crippen molar-refractivity contribution in [3.05, 3.63) is 105 Å². The van der Waals surface area contributed by atoms with Gasteiger partial charge in [0.15, 0.2) is 5.82 Å². The van der Waals surface area contributed by atoms with E-state index >= 15 is 4.39 Å². The van der Waals surface area contributed by atoms with Gasteiger partial charge in [-0.3, -0.25) is 39.2 Å². The largest absolute Gasteiger partial charge is 0.416 e. The number of carbonyl (C=O) groups is 4. The third-order valence-corrected chi connectivity index (χ3v) is 17.7. The van der Waals surface area contributed by atoms with Gasteiger partial charge in [0.25, 0.3) is 11.8 Å². The second-order valence-corrected chi connectivity index (χ2v) is 23.2. The van der Waals surface area contributed by atoms with Crippen LogP contribution in [-0.2, 0) is 54.3 Å². The molecule has 1 aliphatic carbocycles. The van der Waals surface area contributed by atoms with Gasteiger partial charge >= 0.3 is 6.18 Å². The first-order chi connectivity index (χ1) is 35.9. The van der Waals surface area contributed by atoms with Crippen LogP contribution in [-0.4, -0.2) is 128 Å². The summed E-state index contributed by atoms with van der Waals surface area (Å²) in [6, 6.07) is 15.3. The number of piperazine rings is 1. The van der Waals surface area contributed by atoms with E-state index in [2.05, 4.69) is 55.0 Å². The Morgan fingerprint density at radius 3 is 2.37 bits per heavy atom. The van der Waals surface area contributed by atoms with Gasteiger partial charge in [-0.2, -0.15) is 18.4 Å². The third-order valence-electron chi connectivity index (χ3n) is 17.7. The standard InChI is InChI=1S/C56H65F4N11O4/c1-54(2)33-67(27-35-13-16-68(17-14-35)46-10-9-41-44(50(46)57)32-71(52(41)74)47-11-12-49(72)63-51(47)73)18-19-69(54)30-36-6-5-15-66(28-36)29-37-20-42-43(45(21-37)56(58,59)60)31-70(53(42)75)40-8-4-7-39(22-40)55(23-38(24-55)26-61)25-48-64-62-34-65(48)3/h4,7-10,20-22,34-36,38,47H,5-6,11-19,23-25,27-33H2,1-3H3,(H,63,72,73)/t36-,38?,47?,55?/m0/s1. The highest BCUT2D eigenvalue weighted by Gasteiger charge is 2.48. The molecule has 0 radical (unpaired) electrons. The molecule has 3 aromatic carbocycles. The smallest absolute Gasteiger partial charge is 0.369 e. The number of aryl methyl sites for hydroxylation is 1. The Bertz CT molecular complexity index is 2960. The first-order valence-electron chi connectivity index (χ1n) is 26.6. The lowest BCUT2D eigenvalue weighted by Crippen LogP contribution is -2.61. The number of nitriles is 1. The maximum absolute atomic E-state index is 16.1. The molecular weight excluding hydrogens is 967 g/mol. The van der Waals surface area contributed by atoms with Crippen molar-refractivity contribution < 1.29 is 36.7 Å². The van der Waals surface area contributed by atoms with Gasteiger partial charge in [-0.15, -0.1) is 10.2 Å². The molecule has 1 N–H and O–H groups in total. The van der Waals surface area contributed by atoms with Crippen molar-refractivity contribution in [2.45, 2.75) is 114 Å². The lowest BCUT2D eigenvalue weighted by molar-refractivity contribution is -0.138. The van der Waals surface area contributed by atoms with Crippen LogP contribution in [0.3, 0.4) is 0 Å². The first kappa shape index (κ1) is 50.9. The number of imide groups is 1. The summed E-state index contributed by atoms with van der Waals surface area (Å²) in [6.07, 6.45) is 2.90. The van der Waals surface area contributed by atoms with Gasteiger partial charge in [0, 0.05) is 118 Å². The second kappa shape index (κ2) is 19.7. The SMILES string of the molecule is Cn1cnnc1CC1(c2cccc(N3Cc4c(cc(CN5CCC[C@H](CN6CCN(CC7CCN(c8ccc9c(c8F)CN(C8CCC(=O)NC8=O)C9=O)CC7)CC6(C)C)C5)cc4C(F)(F)F)C3=O)c2)CC(C#N)C1. The summed E-state index contributed by atoms with van der Waals surface area (Å²) in [6.45, 7) is 12.2. The van der Waals surface area contributed by atoms with Crippen LogP contribution in [0.2, 0.25) is 0 Å². The molecular formula is C56H65F4N11O4.